The summed E-state index contributed by atoms with van der Waals surface area (Å²) < 4.78 is 19.8. The maximum Gasteiger partial charge on any atom is 0.307 e. The number of rotatable bonds is 8. The molecule has 0 aromatic heterocycles. The van der Waals surface area contributed by atoms with Crippen molar-refractivity contribution in [1.29, 1.82) is 0 Å². The molecule has 150 valence electrons. The lowest BCUT2D eigenvalue weighted by atomic mass is 9.98. The summed E-state index contributed by atoms with van der Waals surface area (Å²) in [7, 11) is 0. The number of nitrogens with two attached hydrogens (primary N) is 1. The first-order valence-corrected chi connectivity index (χ1v) is 9.15. The predicted molar refractivity (Wildman–Crippen MR) is 108 cm³/mol. The Balaban J connectivity index is 1.81. The van der Waals surface area contributed by atoms with Crippen LogP contribution in [0.1, 0.15) is 22.7 Å². The zero-order chi connectivity index (χ0) is 20.8. The van der Waals surface area contributed by atoms with Crippen LogP contribution in [0.5, 0.6) is 5.75 Å². The fraction of sp³-hybridized carbons (Fsp3) is 0.174. The van der Waals surface area contributed by atoms with E-state index in [0.717, 1.165) is 11.1 Å². The first kappa shape index (κ1) is 20.5. The molecule has 0 spiro atoms. The monoisotopic (exact) mass is 395 g/mol. The molecular formula is C23H22FNO4. The topological polar surface area (TPSA) is 92.8 Å². The minimum Gasteiger partial charge on any atom is -0.489 e. The molecule has 6 heteroatoms. The van der Waals surface area contributed by atoms with E-state index in [-0.39, 0.29) is 19.6 Å². The molecule has 1 atom stereocenters. The summed E-state index contributed by atoms with van der Waals surface area (Å²) in [6.07, 6.45) is -0.118. The molecule has 3 aromatic carbocycles. The zero-order valence-electron chi connectivity index (χ0n) is 15.7. The largest absolute Gasteiger partial charge is 0.489 e. The molecule has 5 nitrogen and oxygen atoms in total. The summed E-state index contributed by atoms with van der Waals surface area (Å²) in [4.78, 5) is 11.0. The van der Waals surface area contributed by atoms with Gasteiger partial charge in [-0.3, -0.25) is 4.79 Å². The molecule has 4 N–H and O–H groups in total. The molecule has 29 heavy (non-hydrogen) atoms. The van der Waals surface area contributed by atoms with Crippen LogP contribution in [0.2, 0.25) is 0 Å². The van der Waals surface area contributed by atoms with Gasteiger partial charge in [0, 0.05) is 5.56 Å². The van der Waals surface area contributed by atoms with Crippen LogP contribution in [0.4, 0.5) is 4.39 Å². The number of hydrogen-bond acceptors (Lipinski definition) is 4. The van der Waals surface area contributed by atoms with E-state index >= 15 is 0 Å². The fourth-order valence-electron chi connectivity index (χ4n) is 3.05. The second-order valence-corrected chi connectivity index (χ2v) is 6.73. The number of hydrogen-bond donors (Lipinski definition) is 3. The van der Waals surface area contributed by atoms with Crippen molar-refractivity contribution in [2.45, 2.75) is 19.1 Å². The fourth-order valence-corrected chi connectivity index (χ4v) is 3.05. The highest BCUT2D eigenvalue weighted by Crippen LogP contribution is 2.26. The van der Waals surface area contributed by atoms with Gasteiger partial charge in [0.2, 0.25) is 0 Å². The summed E-state index contributed by atoms with van der Waals surface area (Å²) in [5.41, 5.74) is 9.23. The lowest BCUT2D eigenvalue weighted by Gasteiger charge is -2.13. The van der Waals surface area contributed by atoms with Crippen molar-refractivity contribution in [3.63, 3.8) is 0 Å². The predicted octanol–water partition coefficient (Wildman–Crippen LogP) is 3.69. The molecule has 0 bridgehead atoms. The highest BCUT2D eigenvalue weighted by Gasteiger charge is 2.11. The van der Waals surface area contributed by atoms with E-state index in [9.17, 15) is 14.3 Å². The molecule has 0 aliphatic carbocycles. The molecule has 3 rings (SSSR count). The number of aliphatic hydroxyl groups is 1. The van der Waals surface area contributed by atoms with Gasteiger partial charge in [0.05, 0.1) is 19.1 Å². The van der Waals surface area contributed by atoms with E-state index in [4.69, 9.17) is 15.6 Å². The summed E-state index contributed by atoms with van der Waals surface area (Å²) in [5.74, 6) is -0.834. The first-order valence-electron chi connectivity index (χ1n) is 9.15. The van der Waals surface area contributed by atoms with Crippen LogP contribution in [-0.2, 0) is 17.8 Å². The van der Waals surface area contributed by atoms with E-state index in [1.807, 2.05) is 24.3 Å². The van der Waals surface area contributed by atoms with Crippen molar-refractivity contribution in [3.8, 4) is 16.9 Å². The van der Waals surface area contributed by atoms with Gasteiger partial charge in [0.1, 0.15) is 18.2 Å². The Labute approximate surface area is 168 Å². The highest BCUT2D eigenvalue weighted by molar-refractivity contribution is 5.71. The lowest BCUT2D eigenvalue weighted by molar-refractivity contribution is -0.136. The standard InChI is InChI=1S/C23H22FNO4/c24-20-10-18(9-19(11-20)21(25)13-26)16-6-3-4-15(8-16)14-29-22-7-2-1-5-17(22)12-23(27)28/h1-11,21,26H,12-14,25H2,(H,27,28). The normalized spacial score (nSPS) is 11.8. The van der Waals surface area contributed by atoms with Crippen LogP contribution in [0.25, 0.3) is 11.1 Å². The van der Waals surface area contributed by atoms with Crippen LogP contribution < -0.4 is 10.5 Å². The number of benzene rings is 3. The van der Waals surface area contributed by atoms with E-state index in [1.54, 1.807) is 30.3 Å². The third-order valence-corrected chi connectivity index (χ3v) is 4.51. The molecule has 0 fully saturated rings. The number of para-hydroxylation sites is 1. The van der Waals surface area contributed by atoms with Crippen molar-refractivity contribution >= 4 is 5.97 Å². The number of carbonyl (C=O) groups is 1. The SMILES string of the molecule is NC(CO)c1cc(F)cc(-c2cccc(COc3ccccc3CC(=O)O)c2)c1. The summed E-state index contributed by atoms with van der Waals surface area (Å²) >= 11 is 0. The maximum absolute atomic E-state index is 14.0. The first-order chi connectivity index (χ1) is 14.0. The molecule has 1 unspecified atom stereocenters. The van der Waals surface area contributed by atoms with Gasteiger partial charge in [-0.15, -0.1) is 0 Å². The van der Waals surface area contributed by atoms with Crippen LogP contribution in [0, 0.1) is 5.82 Å². The molecule has 0 amide bonds. The summed E-state index contributed by atoms with van der Waals surface area (Å²) in [5, 5.41) is 18.3. The smallest absolute Gasteiger partial charge is 0.307 e. The molecule has 0 aliphatic rings. The second kappa shape index (κ2) is 9.32. The van der Waals surface area contributed by atoms with Gasteiger partial charge in [-0.2, -0.15) is 0 Å². The van der Waals surface area contributed by atoms with Crippen molar-refractivity contribution in [2.24, 2.45) is 5.73 Å². The Hall–Kier alpha value is -3.22. The van der Waals surface area contributed by atoms with E-state index in [0.29, 0.717) is 22.4 Å². The molecule has 0 saturated carbocycles. The summed E-state index contributed by atoms with van der Waals surface area (Å²) in [6, 6.07) is 18.3. The average molecular weight is 395 g/mol. The van der Waals surface area contributed by atoms with E-state index < -0.39 is 17.8 Å². The minimum atomic E-state index is -0.925. The van der Waals surface area contributed by atoms with Crippen molar-refractivity contribution < 1.29 is 24.1 Å². The van der Waals surface area contributed by atoms with Gasteiger partial charge < -0.3 is 20.7 Å². The van der Waals surface area contributed by atoms with Crippen LogP contribution in [-0.4, -0.2) is 22.8 Å². The van der Waals surface area contributed by atoms with Crippen molar-refractivity contribution in [2.75, 3.05) is 6.61 Å². The van der Waals surface area contributed by atoms with Gasteiger partial charge >= 0.3 is 5.97 Å². The van der Waals surface area contributed by atoms with Gasteiger partial charge in [0.25, 0.3) is 0 Å². The van der Waals surface area contributed by atoms with E-state index in [1.165, 1.54) is 12.1 Å². The molecule has 0 saturated heterocycles. The Bertz CT molecular complexity index is 1010. The second-order valence-electron chi connectivity index (χ2n) is 6.73. The molecular weight excluding hydrogens is 373 g/mol. The quantitative estimate of drug-likeness (QED) is 0.541. The van der Waals surface area contributed by atoms with Gasteiger partial charge in [-0.1, -0.05) is 36.4 Å². The van der Waals surface area contributed by atoms with Crippen molar-refractivity contribution in [3.05, 3.63) is 89.2 Å². The zero-order valence-corrected chi connectivity index (χ0v) is 15.7. The van der Waals surface area contributed by atoms with Crippen LogP contribution in [0.15, 0.2) is 66.7 Å². The van der Waals surface area contributed by atoms with Crippen LogP contribution >= 0.6 is 0 Å². The average Bonchev–Trinajstić information content (AvgIpc) is 2.72. The Morgan fingerprint density at radius 2 is 1.83 bits per heavy atom. The molecule has 3 aromatic rings. The molecule has 0 radical (unpaired) electrons. The highest BCUT2D eigenvalue weighted by atomic mass is 19.1. The third-order valence-electron chi connectivity index (χ3n) is 4.51. The number of aliphatic carboxylic acids is 1. The number of ether oxygens (including phenoxy) is 1. The number of carboxylic acids is 1. The minimum absolute atomic E-state index is 0.118. The lowest BCUT2D eigenvalue weighted by Crippen LogP contribution is -2.14. The van der Waals surface area contributed by atoms with Crippen molar-refractivity contribution in [1.82, 2.24) is 0 Å². The third kappa shape index (κ3) is 5.40. The Morgan fingerprint density at radius 1 is 1.03 bits per heavy atom. The van der Waals surface area contributed by atoms with Gasteiger partial charge in [-0.05, 0) is 52.6 Å². The molecule has 0 aliphatic heterocycles. The summed E-state index contributed by atoms with van der Waals surface area (Å²) in [6.45, 7) is -0.0324. The number of aliphatic hydroxyl groups excluding tert-OH is 1. The van der Waals surface area contributed by atoms with Gasteiger partial charge in [-0.25, -0.2) is 4.39 Å². The maximum atomic E-state index is 14.0. The van der Waals surface area contributed by atoms with Crippen LogP contribution in [0.3, 0.4) is 0 Å². The molecule has 0 heterocycles. The number of halogens is 1. The number of carboxylic acid groups (broad SMARTS) is 1. The van der Waals surface area contributed by atoms with E-state index in [2.05, 4.69) is 0 Å². The Kier molecular flexibility index (Phi) is 6.59. The Morgan fingerprint density at radius 3 is 2.59 bits per heavy atom. The van der Waals surface area contributed by atoms with Gasteiger partial charge in [0.15, 0.2) is 0 Å².